The molecule has 0 bridgehead atoms. The molecule has 1 rings (SSSR count). The molecule has 8 nitrogen and oxygen atoms in total. The third kappa shape index (κ3) is 16.4. The van der Waals surface area contributed by atoms with E-state index in [1.54, 1.807) is 13.8 Å². The number of carbonyl (C=O) groups is 4. The van der Waals surface area contributed by atoms with Gasteiger partial charge in [0.2, 0.25) is 0 Å². The SMILES string of the molecule is CC(=O)OOC(C)=O.COC(=O)C(C)(C)N.O=CC1CCCCC1. The second-order valence-corrected chi connectivity index (χ2v) is 5.90. The van der Waals surface area contributed by atoms with Gasteiger partial charge in [-0.1, -0.05) is 19.3 Å². The van der Waals surface area contributed by atoms with E-state index in [1.165, 1.54) is 26.4 Å². The van der Waals surface area contributed by atoms with Crippen LogP contribution in [0.1, 0.15) is 59.8 Å². The Morgan fingerprint density at radius 1 is 1.00 bits per heavy atom. The molecule has 0 atom stereocenters. The highest BCUT2D eigenvalue weighted by molar-refractivity contribution is 5.79. The van der Waals surface area contributed by atoms with Gasteiger partial charge in [-0.25, -0.2) is 19.4 Å². The van der Waals surface area contributed by atoms with Gasteiger partial charge in [0.15, 0.2) is 0 Å². The zero-order valence-corrected chi connectivity index (χ0v) is 15.1. The van der Waals surface area contributed by atoms with Crippen LogP contribution in [0.15, 0.2) is 0 Å². The van der Waals surface area contributed by atoms with E-state index in [-0.39, 0.29) is 0 Å². The molecule has 8 heteroatoms. The maximum atomic E-state index is 10.5. The van der Waals surface area contributed by atoms with Gasteiger partial charge in [0.25, 0.3) is 0 Å². The number of methoxy groups -OCH3 is 1. The largest absolute Gasteiger partial charge is 0.468 e. The van der Waals surface area contributed by atoms with Crippen LogP contribution in [0.25, 0.3) is 0 Å². The lowest BCUT2D eigenvalue weighted by Gasteiger charge is -2.14. The van der Waals surface area contributed by atoms with Gasteiger partial charge in [0.05, 0.1) is 7.11 Å². The van der Waals surface area contributed by atoms with E-state index in [1.807, 2.05) is 0 Å². The van der Waals surface area contributed by atoms with Crippen molar-refractivity contribution in [3.05, 3.63) is 0 Å². The van der Waals surface area contributed by atoms with Gasteiger partial charge in [0.1, 0.15) is 11.8 Å². The van der Waals surface area contributed by atoms with Crippen LogP contribution in [0.3, 0.4) is 0 Å². The molecule has 0 aromatic heterocycles. The summed E-state index contributed by atoms with van der Waals surface area (Å²) in [6.07, 6.45) is 7.27. The lowest BCUT2D eigenvalue weighted by molar-refractivity contribution is -0.255. The van der Waals surface area contributed by atoms with Gasteiger partial charge in [-0.05, 0) is 26.7 Å². The quantitative estimate of drug-likeness (QED) is 0.346. The van der Waals surface area contributed by atoms with Gasteiger partial charge < -0.3 is 15.3 Å². The first-order valence-electron chi connectivity index (χ1n) is 7.72. The summed E-state index contributed by atoms with van der Waals surface area (Å²) < 4.78 is 4.35. The van der Waals surface area contributed by atoms with Crippen molar-refractivity contribution in [1.29, 1.82) is 0 Å². The van der Waals surface area contributed by atoms with Gasteiger partial charge in [-0.15, -0.1) is 0 Å². The Morgan fingerprint density at radius 2 is 1.42 bits per heavy atom. The highest BCUT2D eigenvalue weighted by Crippen LogP contribution is 2.21. The molecular weight excluding hydrogens is 318 g/mol. The van der Waals surface area contributed by atoms with Crippen molar-refractivity contribution in [1.82, 2.24) is 0 Å². The van der Waals surface area contributed by atoms with Crippen LogP contribution in [-0.4, -0.2) is 36.8 Å². The maximum Gasteiger partial charge on any atom is 0.352 e. The summed E-state index contributed by atoms with van der Waals surface area (Å²) in [5, 5.41) is 0. The van der Waals surface area contributed by atoms with Crippen LogP contribution in [0.4, 0.5) is 0 Å². The molecule has 0 amide bonds. The molecule has 2 N–H and O–H groups in total. The van der Waals surface area contributed by atoms with Crippen LogP contribution < -0.4 is 5.73 Å². The lowest BCUT2D eigenvalue weighted by atomic mass is 9.91. The predicted octanol–water partition coefficient (Wildman–Crippen LogP) is 1.69. The molecule has 24 heavy (non-hydrogen) atoms. The number of ether oxygens (including phenoxy) is 1. The number of carbonyl (C=O) groups excluding carboxylic acids is 4. The average molecular weight is 347 g/mol. The lowest BCUT2D eigenvalue weighted by Crippen LogP contribution is -2.42. The highest BCUT2D eigenvalue weighted by atomic mass is 17.2. The molecule has 0 radical (unpaired) electrons. The Kier molecular flexibility index (Phi) is 13.6. The zero-order valence-electron chi connectivity index (χ0n) is 15.1. The van der Waals surface area contributed by atoms with Crippen LogP contribution >= 0.6 is 0 Å². The fourth-order valence-corrected chi connectivity index (χ4v) is 1.65. The van der Waals surface area contributed by atoms with Gasteiger partial charge in [0, 0.05) is 19.8 Å². The Bertz CT molecular complexity index is 382. The molecule has 0 aromatic rings. The molecule has 140 valence electrons. The van der Waals surface area contributed by atoms with E-state index < -0.39 is 23.4 Å². The normalized spacial score (nSPS) is 13.9. The number of hydrogen-bond acceptors (Lipinski definition) is 8. The summed E-state index contributed by atoms with van der Waals surface area (Å²) in [4.78, 5) is 48.0. The molecule has 1 fully saturated rings. The summed E-state index contributed by atoms with van der Waals surface area (Å²) in [7, 11) is 1.32. The van der Waals surface area contributed by atoms with Crippen molar-refractivity contribution in [3.8, 4) is 0 Å². The average Bonchev–Trinajstić information content (AvgIpc) is 2.53. The summed E-state index contributed by atoms with van der Waals surface area (Å²) >= 11 is 0. The fourth-order valence-electron chi connectivity index (χ4n) is 1.65. The Balaban J connectivity index is 0. The molecular formula is C16H29NO7. The molecule has 0 unspecified atom stereocenters. The fraction of sp³-hybridized carbons (Fsp3) is 0.750. The predicted molar refractivity (Wildman–Crippen MR) is 86.5 cm³/mol. The molecule has 1 aliphatic carbocycles. The standard InChI is InChI=1S/C7H12O.C5H11NO2.C4H6O4/c8-6-7-4-2-1-3-5-7;1-5(2,6)4(7)8-3;1-3(5)7-8-4(2)6/h6-7H,1-5H2;6H2,1-3H3;1-2H3. The van der Waals surface area contributed by atoms with E-state index in [9.17, 15) is 19.2 Å². The van der Waals surface area contributed by atoms with Crippen molar-refractivity contribution in [2.75, 3.05) is 7.11 Å². The van der Waals surface area contributed by atoms with E-state index in [0.717, 1.165) is 33.0 Å². The molecule has 1 aliphatic rings. The topological polar surface area (TPSA) is 122 Å². The van der Waals surface area contributed by atoms with Crippen molar-refractivity contribution in [3.63, 3.8) is 0 Å². The third-order valence-electron chi connectivity index (χ3n) is 2.83. The summed E-state index contributed by atoms with van der Waals surface area (Å²) in [5.41, 5.74) is 4.46. The molecule has 0 heterocycles. The summed E-state index contributed by atoms with van der Waals surface area (Å²) in [6.45, 7) is 5.48. The van der Waals surface area contributed by atoms with E-state index in [4.69, 9.17) is 5.73 Å². The molecule has 0 saturated heterocycles. The monoisotopic (exact) mass is 347 g/mol. The second-order valence-electron chi connectivity index (χ2n) is 5.90. The van der Waals surface area contributed by atoms with E-state index in [0.29, 0.717) is 5.92 Å². The summed E-state index contributed by atoms with van der Waals surface area (Å²) in [5.74, 6) is -1.26. The van der Waals surface area contributed by atoms with Crippen LogP contribution in [0, 0.1) is 5.92 Å². The van der Waals surface area contributed by atoms with Crippen molar-refractivity contribution < 1.29 is 33.7 Å². The highest BCUT2D eigenvalue weighted by Gasteiger charge is 2.21. The van der Waals surface area contributed by atoms with Gasteiger partial charge in [-0.2, -0.15) is 0 Å². The van der Waals surface area contributed by atoms with Crippen molar-refractivity contribution in [2.24, 2.45) is 11.7 Å². The van der Waals surface area contributed by atoms with Crippen molar-refractivity contribution in [2.45, 2.75) is 65.3 Å². The number of esters is 1. The zero-order chi connectivity index (χ0) is 19.2. The smallest absolute Gasteiger partial charge is 0.352 e. The Labute approximate surface area is 142 Å². The van der Waals surface area contributed by atoms with Crippen LogP contribution in [-0.2, 0) is 33.7 Å². The Hall–Kier alpha value is -1.96. The molecule has 0 spiro atoms. The maximum absolute atomic E-state index is 10.5. The molecule has 0 aromatic carbocycles. The number of hydrogen-bond donors (Lipinski definition) is 1. The minimum absolute atomic E-state index is 0.391. The second kappa shape index (κ2) is 13.5. The molecule has 0 aliphatic heterocycles. The molecule has 1 saturated carbocycles. The van der Waals surface area contributed by atoms with E-state index in [2.05, 4.69) is 14.5 Å². The first kappa shape index (κ1) is 24.3. The van der Waals surface area contributed by atoms with Crippen LogP contribution in [0.5, 0.6) is 0 Å². The number of nitrogens with two attached hydrogens (primary N) is 1. The first-order chi connectivity index (χ1) is 11.0. The Morgan fingerprint density at radius 3 is 1.58 bits per heavy atom. The van der Waals surface area contributed by atoms with Crippen molar-refractivity contribution >= 4 is 24.2 Å². The summed E-state index contributed by atoms with van der Waals surface area (Å²) in [6, 6.07) is 0. The minimum atomic E-state index is -0.852. The van der Waals surface area contributed by atoms with Crippen LogP contribution in [0.2, 0.25) is 0 Å². The van der Waals surface area contributed by atoms with Gasteiger partial charge in [-0.3, -0.25) is 4.79 Å². The number of aldehydes is 1. The number of rotatable bonds is 2. The van der Waals surface area contributed by atoms with Gasteiger partial charge >= 0.3 is 17.9 Å². The van der Waals surface area contributed by atoms with E-state index >= 15 is 0 Å². The third-order valence-corrected chi connectivity index (χ3v) is 2.83. The minimum Gasteiger partial charge on any atom is -0.468 e. The first-order valence-corrected chi connectivity index (χ1v) is 7.72.